The van der Waals surface area contributed by atoms with Gasteiger partial charge in [0.2, 0.25) is 0 Å². The number of halogens is 2. The molecule has 0 spiro atoms. The molecule has 0 aromatic heterocycles. The van der Waals surface area contributed by atoms with Crippen LogP contribution in [0.15, 0.2) is 41.3 Å². The van der Waals surface area contributed by atoms with Crippen molar-refractivity contribution in [2.24, 2.45) is 0 Å². The third-order valence-corrected chi connectivity index (χ3v) is 5.89. The number of anilines is 1. The van der Waals surface area contributed by atoms with E-state index in [2.05, 4.69) is 0 Å². The maximum atomic E-state index is 13.0. The Hall–Kier alpha value is -2.16. The Morgan fingerprint density at radius 3 is 2.31 bits per heavy atom. The van der Waals surface area contributed by atoms with Crippen LogP contribution >= 0.6 is 23.2 Å². The molecule has 0 aliphatic carbocycles. The second-order valence-corrected chi connectivity index (χ2v) is 7.69. The Bertz CT molecular complexity index is 932. The fourth-order valence-corrected chi connectivity index (χ4v) is 4.36. The Kier molecular flexibility index (Phi) is 6.22. The van der Waals surface area contributed by atoms with Crippen molar-refractivity contribution in [3.8, 4) is 11.5 Å². The molecule has 2 rings (SSSR count). The lowest BCUT2D eigenvalue weighted by atomic mass is 10.2. The lowest BCUT2D eigenvalue weighted by Crippen LogP contribution is -2.36. The molecule has 0 unspecified atom stereocenters. The first-order valence-corrected chi connectivity index (χ1v) is 9.32. The maximum Gasteiger partial charge on any atom is 0.324 e. The summed E-state index contributed by atoms with van der Waals surface area (Å²) in [6.45, 7) is -0.819. The van der Waals surface area contributed by atoms with Gasteiger partial charge in [-0.3, -0.25) is 9.10 Å². The fourth-order valence-electron chi connectivity index (χ4n) is 2.21. The molecule has 7 nitrogen and oxygen atoms in total. The highest BCUT2D eigenvalue weighted by Crippen LogP contribution is 2.35. The average molecular weight is 420 g/mol. The Balaban J connectivity index is 2.64. The highest BCUT2D eigenvalue weighted by atomic mass is 35.5. The first-order valence-electron chi connectivity index (χ1n) is 7.12. The number of rotatable bonds is 7. The molecule has 0 amide bonds. The van der Waals surface area contributed by atoms with E-state index in [1.54, 1.807) is 0 Å². The fraction of sp³-hybridized carbons (Fsp3) is 0.188. The highest BCUT2D eigenvalue weighted by molar-refractivity contribution is 7.93. The maximum absolute atomic E-state index is 13.0. The quantitative estimate of drug-likeness (QED) is 0.739. The largest absolute Gasteiger partial charge is 0.493 e. The summed E-state index contributed by atoms with van der Waals surface area (Å²) < 4.78 is 37.1. The summed E-state index contributed by atoms with van der Waals surface area (Å²) in [6.07, 6.45) is 0. The standard InChI is InChI=1S/C16H15Cl2NO6S/c1-24-13-6-4-11(8-14(13)25-2)19(9-16(20)21)26(22,23)15-7-10(17)3-5-12(15)18/h3-8H,9H2,1-2H3,(H,20,21). The van der Waals surface area contributed by atoms with Crippen molar-refractivity contribution in [1.29, 1.82) is 0 Å². The number of carboxylic acids is 1. The van der Waals surface area contributed by atoms with Crippen LogP contribution in [0.4, 0.5) is 5.69 Å². The van der Waals surface area contributed by atoms with Crippen molar-refractivity contribution in [3.63, 3.8) is 0 Å². The van der Waals surface area contributed by atoms with Gasteiger partial charge < -0.3 is 14.6 Å². The number of nitrogens with zero attached hydrogens (tertiary/aromatic N) is 1. The minimum atomic E-state index is -4.31. The number of methoxy groups -OCH3 is 2. The molecule has 0 radical (unpaired) electrons. The highest BCUT2D eigenvalue weighted by Gasteiger charge is 2.30. The van der Waals surface area contributed by atoms with Gasteiger partial charge in [-0.2, -0.15) is 0 Å². The zero-order chi connectivity index (χ0) is 19.5. The van der Waals surface area contributed by atoms with Gasteiger partial charge in [0.1, 0.15) is 11.4 Å². The molecule has 0 aliphatic rings. The van der Waals surface area contributed by atoms with Gasteiger partial charge in [0.05, 0.1) is 24.9 Å². The van der Waals surface area contributed by atoms with Crippen LogP contribution in [0.25, 0.3) is 0 Å². The zero-order valence-electron chi connectivity index (χ0n) is 13.8. The third-order valence-electron chi connectivity index (χ3n) is 3.40. The molecule has 0 atom stereocenters. The molecule has 2 aromatic carbocycles. The number of sulfonamides is 1. The molecule has 10 heteroatoms. The molecule has 26 heavy (non-hydrogen) atoms. The van der Waals surface area contributed by atoms with Crippen molar-refractivity contribution < 1.29 is 27.8 Å². The monoisotopic (exact) mass is 419 g/mol. The van der Waals surface area contributed by atoms with E-state index in [1.165, 1.54) is 44.6 Å². The normalized spacial score (nSPS) is 11.1. The van der Waals surface area contributed by atoms with Crippen molar-refractivity contribution in [2.45, 2.75) is 4.90 Å². The van der Waals surface area contributed by atoms with Gasteiger partial charge in [0, 0.05) is 11.1 Å². The summed E-state index contributed by atoms with van der Waals surface area (Å²) >= 11 is 11.9. The van der Waals surface area contributed by atoms with Crippen molar-refractivity contribution in [3.05, 3.63) is 46.4 Å². The smallest absolute Gasteiger partial charge is 0.324 e. The number of carboxylic acid groups (broad SMARTS) is 1. The molecule has 0 saturated heterocycles. The Morgan fingerprint density at radius 1 is 1.08 bits per heavy atom. The number of aliphatic carboxylic acids is 1. The van der Waals surface area contributed by atoms with Crippen molar-refractivity contribution in [1.82, 2.24) is 0 Å². The van der Waals surface area contributed by atoms with Gasteiger partial charge in [0.25, 0.3) is 10.0 Å². The summed E-state index contributed by atoms with van der Waals surface area (Å²) in [5.74, 6) is -0.737. The van der Waals surface area contributed by atoms with Crippen LogP contribution in [-0.4, -0.2) is 40.3 Å². The zero-order valence-corrected chi connectivity index (χ0v) is 16.1. The number of hydrogen-bond donors (Lipinski definition) is 1. The molecule has 0 aliphatic heterocycles. The lowest BCUT2D eigenvalue weighted by molar-refractivity contribution is -0.135. The van der Waals surface area contributed by atoms with Crippen LogP contribution in [0.5, 0.6) is 11.5 Å². The van der Waals surface area contributed by atoms with E-state index in [0.29, 0.717) is 10.1 Å². The van der Waals surface area contributed by atoms with Crippen LogP contribution in [0.1, 0.15) is 0 Å². The van der Waals surface area contributed by atoms with E-state index in [4.69, 9.17) is 32.7 Å². The van der Waals surface area contributed by atoms with Crippen LogP contribution in [-0.2, 0) is 14.8 Å². The van der Waals surface area contributed by atoms with Crippen LogP contribution in [0.3, 0.4) is 0 Å². The minimum absolute atomic E-state index is 0.0705. The second-order valence-electron chi connectivity index (χ2n) is 5.02. The van der Waals surface area contributed by atoms with E-state index in [9.17, 15) is 18.3 Å². The number of benzene rings is 2. The molecule has 0 bridgehead atoms. The molecular formula is C16H15Cl2NO6S. The van der Waals surface area contributed by atoms with Gasteiger partial charge in [-0.05, 0) is 30.3 Å². The van der Waals surface area contributed by atoms with Gasteiger partial charge >= 0.3 is 5.97 Å². The number of hydrogen-bond acceptors (Lipinski definition) is 5. The first kappa shape index (κ1) is 20.2. The van der Waals surface area contributed by atoms with Gasteiger partial charge in [0.15, 0.2) is 11.5 Å². The van der Waals surface area contributed by atoms with Crippen LogP contribution in [0, 0.1) is 0 Å². The average Bonchev–Trinajstić information content (AvgIpc) is 2.60. The molecule has 140 valence electrons. The molecule has 0 fully saturated rings. The van der Waals surface area contributed by atoms with Crippen LogP contribution in [0.2, 0.25) is 10.0 Å². The first-order chi connectivity index (χ1) is 12.2. The van der Waals surface area contributed by atoms with E-state index < -0.39 is 22.5 Å². The summed E-state index contributed by atoms with van der Waals surface area (Å²) in [5, 5.41) is 9.26. The van der Waals surface area contributed by atoms with E-state index in [1.807, 2.05) is 0 Å². The molecule has 2 aromatic rings. The van der Waals surface area contributed by atoms with Crippen LogP contribution < -0.4 is 13.8 Å². The van der Waals surface area contributed by atoms with E-state index >= 15 is 0 Å². The van der Waals surface area contributed by atoms with Gasteiger partial charge in [-0.25, -0.2) is 8.42 Å². The summed E-state index contributed by atoms with van der Waals surface area (Å²) in [4.78, 5) is 11.0. The van der Waals surface area contributed by atoms with Crippen molar-refractivity contribution in [2.75, 3.05) is 25.1 Å². The second kappa shape index (κ2) is 8.03. The number of ether oxygens (including phenoxy) is 2. The molecular weight excluding hydrogens is 405 g/mol. The molecule has 0 saturated carbocycles. The summed E-state index contributed by atoms with van der Waals surface area (Å²) in [6, 6.07) is 8.15. The third kappa shape index (κ3) is 4.14. The van der Waals surface area contributed by atoms with E-state index in [-0.39, 0.29) is 26.4 Å². The predicted molar refractivity (Wildman–Crippen MR) is 98.2 cm³/mol. The lowest BCUT2D eigenvalue weighted by Gasteiger charge is -2.24. The Labute approximate surface area is 160 Å². The van der Waals surface area contributed by atoms with Gasteiger partial charge in [-0.1, -0.05) is 23.2 Å². The Morgan fingerprint density at radius 2 is 1.73 bits per heavy atom. The molecule has 0 heterocycles. The van der Waals surface area contributed by atoms with Crippen molar-refractivity contribution >= 4 is 44.9 Å². The minimum Gasteiger partial charge on any atom is -0.493 e. The van der Waals surface area contributed by atoms with Gasteiger partial charge in [-0.15, -0.1) is 0 Å². The topological polar surface area (TPSA) is 93.1 Å². The predicted octanol–water partition coefficient (Wildman–Crippen LogP) is 3.29. The number of carbonyl (C=O) groups is 1. The summed E-state index contributed by atoms with van der Waals surface area (Å²) in [7, 11) is -1.50. The summed E-state index contributed by atoms with van der Waals surface area (Å²) in [5.41, 5.74) is 0.0705. The van der Waals surface area contributed by atoms with E-state index in [0.717, 1.165) is 6.07 Å². The SMILES string of the molecule is COc1ccc(N(CC(=O)O)S(=O)(=O)c2cc(Cl)ccc2Cl)cc1OC. The molecule has 1 N–H and O–H groups in total.